The van der Waals surface area contributed by atoms with Gasteiger partial charge in [0, 0.05) is 6.04 Å². The zero-order valence-corrected chi connectivity index (χ0v) is 9.23. The fourth-order valence-electron chi connectivity index (χ4n) is 2.00. The molecule has 1 rings (SSSR count). The highest BCUT2D eigenvalue weighted by molar-refractivity contribution is 5.78. The topological polar surface area (TPSA) is 41.1 Å². The average molecular weight is 238 g/mol. The van der Waals surface area contributed by atoms with Crippen LogP contribution in [0.15, 0.2) is 0 Å². The molecule has 6 heteroatoms. The van der Waals surface area contributed by atoms with Crippen molar-refractivity contribution < 1.29 is 18.0 Å². The Kier molecular flexibility index (Phi) is 4.58. The summed E-state index contributed by atoms with van der Waals surface area (Å²) in [6.07, 6.45) is -3.01. The first kappa shape index (κ1) is 13.3. The lowest BCUT2D eigenvalue weighted by Crippen LogP contribution is -2.42. The summed E-state index contributed by atoms with van der Waals surface area (Å²) in [5.41, 5.74) is 0. The second kappa shape index (κ2) is 5.52. The predicted molar refractivity (Wildman–Crippen MR) is 53.9 cm³/mol. The molecule has 0 saturated heterocycles. The van der Waals surface area contributed by atoms with E-state index in [2.05, 4.69) is 10.6 Å². The molecule has 1 aliphatic rings. The molecule has 0 atom stereocenters. The molecule has 1 amide bonds. The van der Waals surface area contributed by atoms with E-state index in [1.54, 1.807) is 7.05 Å². The summed E-state index contributed by atoms with van der Waals surface area (Å²) in [5, 5.41) is 5.42. The summed E-state index contributed by atoms with van der Waals surface area (Å²) in [6, 6.07) is -0.0977. The summed E-state index contributed by atoms with van der Waals surface area (Å²) < 4.78 is 37.1. The van der Waals surface area contributed by atoms with Crippen molar-refractivity contribution in [3.05, 3.63) is 0 Å². The molecular formula is C10H17F3N2O. The number of halogens is 3. The molecule has 1 fully saturated rings. The quantitative estimate of drug-likeness (QED) is 0.781. The fourth-order valence-corrected chi connectivity index (χ4v) is 2.00. The van der Waals surface area contributed by atoms with Gasteiger partial charge in [0.25, 0.3) is 0 Å². The number of nitrogens with one attached hydrogen (secondary N) is 2. The second-order valence-electron chi connectivity index (χ2n) is 4.19. The number of likely N-dealkylation sites (N-methyl/N-ethyl adjacent to an activating group) is 1. The Labute approximate surface area is 92.8 Å². The highest BCUT2D eigenvalue weighted by Crippen LogP contribution is 2.37. The molecule has 94 valence electrons. The monoisotopic (exact) mass is 238 g/mol. The minimum absolute atomic E-state index is 0.0977. The molecular weight excluding hydrogens is 221 g/mol. The SMILES string of the molecule is CNCC(=O)NC1CCC(C(F)(F)F)CC1. The van der Waals surface area contributed by atoms with Crippen LogP contribution in [0.2, 0.25) is 0 Å². The summed E-state index contributed by atoms with van der Waals surface area (Å²) in [5.74, 6) is -1.34. The van der Waals surface area contributed by atoms with Crippen molar-refractivity contribution in [2.24, 2.45) is 5.92 Å². The Balaban J connectivity index is 2.30. The van der Waals surface area contributed by atoms with E-state index >= 15 is 0 Å². The van der Waals surface area contributed by atoms with Gasteiger partial charge in [-0.1, -0.05) is 0 Å². The van der Waals surface area contributed by atoms with E-state index in [9.17, 15) is 18.0 Å². The van der Waals surface area contributed by atoms with Crippen LogP contribution in [0.25, 0.3) is 0 Å². The molecule has 0 aromatic rings. The van der Waals surface area contributed by atoms with Crippen molar-refractivity contribution in [1.29, 1.82) is 0 Å². The fraction of sp³-hybridized carbons (Fsp3) is 0.900. The van der Waals surface area contributed by atoms with Gasteiger partial charge in [0.1, 0.15) is 0 Å². The first-order valence-corrected chi connectivity index (χ1v) is 5.44. The molecule has 1 saturated carbocycles. The van der Waals surface area contributed by atoms with Crippen LogP contribution in [-0.4, -0.2) is 31.7 Å². The highest BCUT2D eigenvalue weighted by atomic mass is 19.4. The Bertz CT molecular complexity index is 235. The van der Waals surface area contributed by atoms with Gasteiger partial charge in [0.15, 0.2) is 0 Å². The molecule has 0 aromatic heterocycles. The highest BCUT2D eigenvalue weighted by Gasteiger charge is 2.41. The van der Waals surface area contributed by atoms with Gasteiger partial charge in [-0.3, -0.25) is 4.79 Å². The Hall–Kier alpha value is -0.780. The summed E-state index contributed by atoms with van der Waals surface area (Å²) >= 11 is 0. The lowest BCUT2D eigenvalue weighted by molar-refractivity contribution is -0.182. The van der Waals surface area contributed by atoms with Gasteiger partial charge in [-0.05, 0) is 32.7 Å². The van der Waals surface area contributed by atoms with Crippen LogP contribution in [-0.2, 0) is 4.79 Å². The smallest absolute Gasteiger partial charge is 0.352 e. The third-order valence-electron chi connectivity index (χ3n) is 2.89. The molecule has 0 heterocycles. The van der Waals surface area contributed by atoms with Gasteiger partial charge in [-0.2, -0.15) is 13.2 Å². The van der Waals surface area contributed by atoms with Crippen LogP contribution in [0.4, 0.5) is 13.2 Å². The minimum Gasteiger partial charge on any atom is -0.352 e. The Morgan fingerprint density at radius 3 is 2.25 bits per heavy atom. The van der Waals surface area contributed by atoms with E-state index in [4.69, 9.17) is 0 Å². The van der Waals surface area contributed by atoms with Gasteiger partial charge >= 0.3 is 6.18 Å². The molecule has 0 aliphatic heterocycles. The summed E-state index contributed by atoms with van der Waals surface area (Å²) in [7, 11) is 1.65. The standard InChI is InChI=1S/C10H17F3N2O/c1-14-6-9(16)15-8-4-2-7(3-5-8)10(11,12)13/h7-8,14H,2-6H2,1H3,(H,15,16). The van der Waals surface area contributed by atoms with E-state index in [0.717, 1.165) is 0 Å². The van der Waals surface area contributed by atoms with E-state index in [0.29, 0.717) is 12.8 Å². The third-order valence-corrected chi connectivity index (χ3v) is 2.89. The lowest BCUT2D eigenvalue weighted by Gasteiger charge is -2.30. The zero-order valence-electron chi connectivity index (χ0n) is 9.23. The maximum Gasteiger partial charge on any atom is 0.391 e. The maximum atomic E-state index is 12.4. The second-order valence-corrected chi connectivity index (χ2v) is 4.19. The number of hydrogen-bond donors (Lipinski definition) is 2. The zero-order chi connectivity index (χ0) is 12.2. The van der Waals surface area contributed by atoms with Crippen LogP contribution >= 0.6 is 0 Å². The number of alkyl halides is 3. The van der Waals surface area contributed by atoms with E-state index < -0.39 is 12.1 Å². The summed E-state index contributed by atoms with van der Waals surface area (Å²) in [6.45, 7) is 0.208. The Morgan fingerprint density at radius 2 is 1.81 bits per heavy atom. The maximum absolute atomic E-state index is 12.4. The van der Waals surface area contributed by atoms with E-state index in [-0.39, 0.29) is 31.3 Å². The largest absolute Gasteiger partial charge is 0.391 e. The third kappa shape index (κ3) is 4.00. The van der Waals surface area contributed by atoms with Crippen molar-refractivity contribution in [3.8, 4) is 0 Å². The van der Waals surface area contributed by atoms with Crippen molar-refractivity contribution in [2.75, 3.05) is 13.6 Å². The summed E-state index contributed by atoms with van der Waals surface area (Å²) in [4.78, 5) is 11.2. The first-order valence-electron chi connectivity index (χ1n) is 5.44. The molecule has 0 aromatic carbocycles. The molecule has 3 nitrogen and oxygen atoms in total. The van der Waals surface area contributed by atoms with Crippen LogP contribution in [0, 0.1) is 5.92 Å². The van der Waals surface area contributed by atoms with Gasteiger partial charge in [-0.25, -0.2) is 0 Å². The number of hydrogen-bond acceptors (Lipinski definition) is 2. The molecule has 0 radical (unpaired) electrons. The minimum atomic E-state index is -4.08. The molecule has 0 bridgehead atoms. The number of rotatable bonds is 3. The van der Waals surface area contributed by atoms with Crippen LogP contribution in [0.3, 0.4) is 0 Å². The number of carbonyl (C=O) groups is 1. The molecule has 1 aliphatic carbocycles. The normalized spacial score (nSPS) is 26.5. The van der Waals surface area contributed by atoms with Crippen molar-refractivity contribution >= 4 is 5.91 Å². The van der Waals surface area contributed by atoms with Crippen molar-refractivity contribution in [3.63, 3.8) is 0 Å². The van der Waals surface area contributed by atoms with Gasteiger partial charge in [0.05, 0.1) is 12.5 Å². The van der Waals surface area contributed by atoms with E-state index in [1.807, 2.05) is 0 Å². The lowest BCUT2D eigenvalue weighted by atomic mass is 9.85. The number of amides is 1. The van der Waals surface area contributed by atoms with Crippen molar-refractivity contribution in [2.45, 2.75) is 37.9 Å². The van der Waals surface area contributed by atoms with Crippen LogP contribution < -0.4 is 10.6 Å². The van der Waals surface area contributed by atoms with Crippen LogP contribution in [0.1, 0.15) is 25.7 Å². The molecule has 0 spiro atoms. The molecule has 2 N–H and O–H groups in total. The van der Waals surface area contributed by atoms with Gasteiger partial charge in [-0.15, -0.1) is 0 Å². The number of carbonyl (C=O) groups excluding carboxylic acids is 1. The average Bonchev–Trinajstić information content (AvgIpc) is 2.17. The molecule has 16 heavy (non-hydrogen) atoms. The van der Waals surface area contributed by atoms with Crippen molar-refractivity contribution in [1.82, 2.24) is 10.6 Å². The van der Waals surface area contributed by atoms with Crippen LogP contribution in [0.5, 0.6) is 0 Å². The van der Waals surface area contributed by atoms with E-state index in [1.165, 1.54) is 0 Å². The first-order chi connectivity index (χ1) is 7.43. The predicted octanol–water partition coefficient (Wildman–Crippen LogP) is 1.44. The van der Waals surface area contributed by atoms with Gasteiger partial charge < -0.3 is 10.6 Å². The Morgan fingerprint density at radius 1 is 1.25 bits per heavy atom. The van der Waals surface area contributed by atoms with Gasteiger partial charge in [0.2, 0.25) is 5.91 Å². The molecule has 0 unspecified atom stereocenters.